The van der Waals surface area contributed by atoms with Gasteiger partial charge >= 0.3 is 0 Å². The minimum atomic E-state index is 0.520. The van der Waals surface area contributed by atoms with Gasteiger partial charge in [-0.05, 0) is 18.9 Å². The smallest absolute Gasteiger partial charge is 0.224 e. The Morgan fingerprint density at radius 3 is 2.87 bits per heavy atom. The third-order valence-corrected chi connectivity index (χ3v) is 2.74. The van der Waals surface area contributed by atoms with Crippen molar-refractivity contribution in [3.05, 3.63) is 18.0 Å². The highest BCUT2D eigenvalue weighted by Gasteiger charge is 2.13. The molecule has 0 saturated heterocycles. The van der Waals surface area contributed by atoms with Crippen LogP contribution in [0, 0.1) is 12.3 Å². The summed E-state index contributed by atoms with van der Waals surface area (Å²) in [7, 11) is 0. The number of hydrogen-bond acceptors (Lipinski definition) is 3. The molecule has 0 radical (unpaired) electrons. The van der Waals surface area contributed by atoms with Gasteiger partial charge < -0.3 is 5.32 Å². The topological polar surface area (TPSA) is 37.8 Å². The molecule has 1 N–H and O–H groups in total. The Balaban J connectivity index is 2.00. The van der Waals surface area contributed by atoms with E-state index >= 15 is 0 Å². The Morgan fingerprint density at radius 1 is 1.33 bits per heavy atom. The summed E-state index contributed by atoms with van der Waals surface area (Å²) in [6, 6.07) is 2.26. The van der Waals surface area contributed by atoms with Crippen LogP contribution >= 0.6 is 0 Å². The van der Waals surface area contributed by atoms with Gasteiger partial charge in [-0.2, -0.15) is 0 Å². The van der Waals surface area contributed by atoms with Crippen LogP contribution in [-0.2, 0) is 0 Å². The average molecular weight is 201 g/mol. The molecule has 1 aliphatic carbocycles. The van der Waals surface area contributed by atoms with Crippen molar-refractivity contribution < 1.29 is 0 Å². The van der Waals surface area contributed by atoms with E-state index in [2.05, 4.69) is 21.2 Å². The number of anilines is 1. The molecule has 1 fully saturated rings. The van der Waals surface area contributed by atoms with Crippen LogP contribution in [0.3, 0.4) is 0 Å². The van der Waals surface area contributed by atoms with Gasteiger partial charge in [0.25, 0.3) is 0 Å². The fraction of sp³-hybridized carbons (Fsp3) is 0.500. The minimum absolute atomic E-state index is 0.520. The fourth-order valence-electron chi connectivity index (χ4n) is 1.94. The number of terminal acetylenes is 1. The van der Waals surface area contributed by atoms with Gasteiger partial charge in [0.05, 0.1) is 0 Å². The summed E-state index contributed by atoms with van der Waals surface area (Å²) in [6.45, 7) is 0. The predicted molar refractivity (Wildman–Crippen MR) is 60.5 cm³/mol. The number of rotatable bonds is 2. The van der Waals surface area contributed by atoms with Crippen molar-refractivity contribution in [1.29, 1.82) is 0 Å². The lowest BCUT2D eigenvalue weighted by Crippen LogP contribution is -2.23. The summed E-state index contributed by atoms with van der Waals surface area (Å²) in [5, 5.41) is 3.34. The lowest BCUT2D eigenvalue weighted by molar-refractivity contribution is 0.461. The van der Waals surface area contributed by atoms with Crippen molar-refractivity contribution in [2.75, 3.05) is 5.32 Å². The fourth-order valence-corrected chi connectivity index (χ4v) is 1.94. The van der Waals surface area contributed by atoms with Crippen LogP contribution in [-0.4, -0.2) is 16.0 Å². The highest BCUT2D eigenvalue weighted by molar-refractivity contribution is 5.32. The highest BCUT2D eigenvalue weighted by Crippen LogP contribution is 2.19. The molecular weight excluding hydrogens is 186 g/mol. The van der Waals surface area contributed by atoms with E-state index in [0.717, 1.165) is 0 Å². The van der Waals surface area contributed by atoms with Crippen molar-refractivity contribution in [3.63, 3.8) is 0 Å². The molecule has 0 atom stereocenters. The van der Waals surface area contributed by atoms with Crippen molar-refractivity contribution >= 4 is 5.95 Å². The Bertz CT molecular complexity index is 361. The lowest BCUT2D eigenvalue weighted by Gasteiger charge is -2.22. The first-order valence-electron chi connectivity index (χ1n) is 5.44. The van der Waals surface area contributed by atoms with Crippen LogP contribution in [0.1, 0.15) is 37.8 Å². The molecule has 2 rings (SSSR count). The van der Waals surface area contributed by atoms with Gasteiger partial charge in [-0.1, -0.05) is 25.2 Å². The zero-order chi connectivity index (χ0) is 10.5. The Hall–Kier alpha value is -1.56. The molecule has 1 heterocycles. The molecular formula is C12H15N3. The van der Waals surface area contributed by atoms with Crippen LogP contribution in [0.5, 0.6) is 0 Å². The Labute approximate surface area is 90.3 Å². The number of hydrogen-bond donors (Lipinski definition) is 1. The predicted octanol–water partition coefficient (Wildman–Crippen LogP) is 2.20. The number of nitrogens with zero attached hydrogens (tertiary/aromatic N) is 2. The first-order chi connectivity index (χ1) is 7.38. The van der Waals surface area contributed by atoms with E-state index in [1.807, 2.05) is 0 Å². The molecule has 1 aromatic rings. The van der Waals surface area contributed by atoms with E-state index in [9.17, 15) is 0 Å². The first-order valence-corrected chi connectivity index (χ1v) is 5.44. The van der Waals surface area contributed by atoms with Gasteiger partial charge in [-0.25, -0.2) is 9.97 Å². The summed E-state index contributed by atoms with van der Waals surface area (Å²) in [6.07, 6.45) is 13.4. The molecule has 0 unspecified atom stereocenters. The van der Waals surface area contributed by atoms with Crippen LogP contribution in [0.15, 0.2) is 12.3 Å². The molecule has 0 bridgehead atoms. The zero-order valence-electron chi connectivity index (χ0n) is 8.74. The first kappa shape index (κ1) is 9.97. The van der Waals surface area contributed by atoms with E-state index in [4.69, 9.17) is 6.42 Å². The van der Waals surface area contributed by atoms with Crippen LogP contribution < -0.4 is 5.32 Å². The van der Waals surface area contributed by atoms with Crippen molar-refractivity contribution in [1.82, 2.24) is 9.97 Å². The van der Waals surface area contributed by atoms with Crippen LogP contribution in [0.2, 0.25) is 0 Å². The van der Waals surface area contributed by atoms with Crippen LogP contribution in [0.25, 0.3) is 0 Å². The second kappa shape index (κ2) is 4.79. The molecule has 1 saturated carbocycles. The maximum atomic E-state index is 5.28. The third-order valence-electron chi connectivity index (χ3n) is 2.74. The van der Waals surface area contributed by atoms with E-state index in [0.29, 0.717) is 17.7 Å². The van der Waals surface area contributed by atoms with Crippen molar-refractivity contribution in [2.24, 2.45) is 0 Å². The molecule has 1 aromatic heterocycles. The molecule has 78 valence electrons. The van der Waals surface area contributed by atoms with Gasteiger partial charge in [0.1, 0.15) is 5.69 Å². The van der Waals surface area contributed by atoms with Crippen molar-refractivity contribution in [3.8, 4) is 12.3 Å². The summed E-state index contributed by atoms with van der Waals surface area (Å²) in [5.74, 6) is 3.18. The molecule has 3 nitrogen and oxygen atoms in total. The van der Waals surface area contributed by atoms with Gasteiger partial charge in [0, 0.05) is 12.2 Å². The molecule has 0 spiro atoms. The average Bonchev–Trinajstić information content (AvgIpc) is 2.31. The van der Waals surface area contributed by atoms with Gasteiger partial charge in [-0.3, -0.25) is 0 Å². The largest absolute Gasteiger partial charge is 0.351 e. The van der Waals surface area contributed by atoms with Gasteiger partial charge in [-0.15, -0.1) is 6.42 Å². The molecule has 1 aliphatic rings. The van der Waals surface area contributed by atoms with E-state index < -0.39 is 0 Å². The highest BCUT2D eigenvalue weighted by atomic mass is 15.1. The third kappa shape index (κ3) is 2.69. The Morgan fingerprint density at radius 2 is 2.13 bits per heavy atom. The quantitative estimate of drug-likeness (QED) is 0.745. The minimum Gasteiger partial charge on any atom is -0.351 e. The SMILES string of the molecule is C#Cc1ccnc(NC2CCCCC2)n1. The van der Waals surface area contributed by atoms with Gasteiger partial charge in [0.2, 0.25) is 5.95 Å². The van der Waals surface area contributed by atoms with E-state index in [1.54, 1.807) is 12.3 Å². The molecule has 0 amide bonds. The summed E-state index contributed by atoms with van der Waals surface area (Å²) < 4.78 is 0. The van der Waals surface area contributed by atoms with E-state index in [1.165, 1.54) is 32.1 Å². The number of nitrogens with one attached hydrogen (secondary N) is 1. The number of aromatic nitrogens is 2. The standard InChI is InChI=1S/C12H15N3/c1-2-10-8-9-13-12(14-10)15-11-6-4-3-5-7-11/h1,8-9,11H,3-7H2,(H,13,14,15). The maximum absolute atomic E-state index is 5.28. The molecule has 0 aromatic carbocycles. The summed E-state index contributed by atoms with van der Waals surface area (Å²) >= 11 is 0. The molecule has 3 heteroatoms. The summed E-state index contributed by atoms with van der Waals surface area (Å²) in [5.41, 5.74) is 0.642. The second-order valence-electron chi connectivity index (χ2n) is 3.89. The second-order valence-corrected chi connectivity index (χ2v) is 3.89. The van der Waals surface area contributed by atoms with Crippen LogP contribution in [0.4, 0.5) is 5.95 Å². The zero-order valence-corrected chi connectivity index (χ0v) is 8.74. The molecule has 15 heavy (non-hydrogen) atoms. The van der Waals surface area contributed by atoms with Crippen molar-refractivity contribution in [2.45, 2.75) is 38.1 Å². The monoisotopic (exact) mass is 201 g/mol. The lowest BCUT2D eigenvalue weighted by atomic mass is 9.96. The maximum Gasteiger partial charge on any atom is 0.224 e. The van der Waals surface area contributed by atoms with E-state index in [-0.39, 0.29) is 0 Å². The Kier molecular flexibility index (Phi) is 3.18. The van der Waals surface area contributed by atoms with Gasteiger partial charge in [0.15, 0.2) is 0 Å². The molecule has 0 aliphatic heterocycles. The summed E-state index contributed by atoms with van der Waals surface area (Å²) in [4.78, 5) is 8.39. The normalized spacial score (nSPS) is 17.0.